The minimum absolute atomic E-state index is 0.111. The molecular weight excluding hydrogens is 340 g/mol. The summed E-state index contributed by atoms with van der Waals surface area (Å²) in [4.78, 5) is 1.13. The summed E-state index contributed by atoms with van der Waals surface area (Å²) in [6, 6.07) is 3.66. The number of anilines is 1. The van der Waals surface area contributed by atoms with Crippen molar-refractivity contribution in [3.63, 3.8) is 0 Å². The Morgan fingerprint density at radius 2 is 2.29 bits per heavy atom. The van der Waals surface area contributed by atoms with Gasteiger partial charge in [-0.2, -0.15) is 5.10 Å². The highest BCUT2D eigenvalue weighted by atomic mass is 79.9. The number of halogens is 1. The zero-order chi connectivity index (χ0) is 15.2. The molecule has 0 fully saturated rings. The smallest absolute Gasteiger partial charge is 0.263 e. The molecule has 2 aromatic rings. The SMILES string of the molecule is CCCOc1c(Br)cc(/C=N/n2nnnc2N)cc1OC. The Labute approximate surface area is 130 Å². The zero-order valence-electron chi connectivity index (χ0n) is 11.7. The molecular formula is C12H15BrN6O2. The van der Waals surface area contributed by atoms with Gasteiger partial charge in [0.1, 0.15) is 0 Å². The van der Waals surface area contributed by atoms with Gasteiger partial charge in [-0.3, -0.25) is 0 Å². The van der Waals surface area contributed by atoms with Crippen LogP contribution in [0.15, 0.2) is 21.7 Å². The van der Waals surface area contributed by atoms with Gasteiger partial charge < -0.3 is 15.2 Å². The summed E-state index contributed by atoms with van der Waals surface area (Å²) in [6.45, 7) is 2.65. The van der Waals surface area contributed by atoms with Crippen LogP contribution in [0.25, 0.3) is 0 Å². The Morgan fingerprint density at radius 1 is 1.48 bits per heavy atom. The summed E-state index contributed by atoms with van der Waals surface area (Å²) in [5, 5.41) is 14.6. The molecule has 21 heavy (non-hydrogen) atoms. The fraction of sp³-hybridized carbons (Fsp3) is 0.333. The van der Waals surface area contributed by atoms with Crippen LogP contribution >= 0.6 is 15.9 Å². The number of methoxy groups -OCH3 is 1. The Balaban J connectivity index is 2.27. The normalized spacial score (nSPS) is 11.0. The van der Waals surface area contributed by atoms with Crippen molar-refractivity contribution in [3.05, 3.63) is 22.2 Å². The number of nitrogens with zero attached hydrogens (tertiary/aromatic N) is 5. The lowest BCUT2D eigenvalue weighted by Gasteiger charge is -2.12. The summed E-state index contributed by atoms with van der Waals surface area (Å²) < 4.78 is 11.8. The highest BCUT2D eigenvalue weighted by molar-refractivity contribution is 9.10. The molecule has 8 nitrogen and oxygen atoms in total. The Morgan fingerprint density at radius 3 is 2.90 bits per heavy atom. The summed E-state index contributed by atoms with van der Waals surface area (Å²) in [6.07, 6.45) is 2.49. The Hall–Kier alpha value is -2.16. The van der Waals surface area contributed by atoms with Gasteiger partial charge in [-0.15, -0.1) is 0 Å². The highest BCUT2D eigenvalue weighted by Gasteiger charge is 2.11. The quantitative estimate of drug-likeness (QED) is 0.792. The van der Waals surface area contributed by atoms with E-state index in [1.807, 2.05) is 13.0 Å². The molecule has 2 N–H and O–H groups in total. The molecule has 0 amide bonds. The predicted molar refractivity (Wildman–Crippen MR) is 81.7 cm³/mol. The van der Waals surface area contributed by atoms with Gasteiger partial charge in [0.05, 0.1) is 24.4 Å². The van der Waals surface area contributed by atoms with Gasteiger partial charge in [0.15, 0.2) is 11.5 Å². The van der Waals surface area contributed by atoms with E-state index in [4.69, 9.17) is 15.2 Å². The zero-order valence-corrected chi connectivity index (χ0v) is 13.2. The predicted octanol–water partition coefficient (Wildman–Crippen LogP) is 1.70. The van der Waals surface area contributed by atoms with E-state index < -0.39 is 0 Å². The van der Waals surface area contributed by atoms with Crippen LogP contribution in [0.2, 0.25) is 0 Å². The molecule has 1 aromatic heterocycles. The maximum atomic E-state index is 5.66. The van der Waals surface area contributed by atoms with Crippen LogP contribution < -0.4 is 15.2 Å². The van der Waals surface area contributed by atoms with Crippen molar-refractivity contribution >= 4 is 28.1 Å². The summed E-state index contributed by atoms with van der Waals surface area (Å²) in [5.74, 6) is 1.39. The number of nitrogen functional groups attached to an aromatic ring is 1. The second kappa shape index (κ2) is 7.02. The topological polar surface area (TPSA) is 100 Å². The number of ether oxygens (including phenoxy) is 2. The first-order chi connectivity index (χ1) is 10.2. The highest BCUT2D eigenvalue weighted by Crippen LogP contribution is 2.36. The molecule has 0 spiro atoms. The van der Waals surface area contributed by atoms with Crippen molar-refractivity contribution in [2.75, 3.05) is 19.5 Å². The molecule has 0 aliphatic rings. The summed E-state index contributed by atoms with van der Waals surface area (Å²) in [7, 11) is 1.58. The number of tetrazole rings is 1. The number of hydrogen-bond acceptors (Lipinski definition) is 7. The van der Waals surface area contributed by atoms with Gasteiger partial charge >= 0.3 is 0 Å². The fourth-order valence-corrected chi connectivity index (χ4v) is 2.13. The monoisotopic (exact) mass is 354 g/mol. The summed E-state index contributed by atoms with van der Waals surface area (Å²) in [5.41, 5.74) is 6.32. The lowest BCUT2D eigenvalue weighted by atomic mass is 10.2. The van der Waals surface area contributed by atoms with Crippen molar-refractivity contribution < 1.29 is 9.47 Å². The Kier molecular flexibility index (Phi) is 5.09. The minimum Gasteiger partial charge on any atom is -0.493 e. The average Bonchev–Trinajstić information content (AvgIpc) is 2.88. The molecule has 1 aromatic carbocycles. The molecule has 0 radical (unpaired) electrons. The van der Waals surface area contributed by atoms with Crippen LogP contribution in [0.3, 0.4) is 0 Å². The average molecular weight is 355 g/mol. The Bertz CT molecular complexity index is 643. The van der Waals surface area contributed by atoms with E-state index >= 15 is 0 Å². The lowest BCUT2D eigenvalue weighted by Crippen LogP contribution is -2.01. The molecule has 1 heterocycles. The third kappa shape index (κ3) is 3.69. The van der Waals surface area contributed by atoms with E-state index in [0.717, 1.165) is 21.2 Å². The lowest BCUT2D eigenvalue weighted by molar-refractivity contribution is 0.292. The van der Waals surface area contributed by atoms with Crippen LogP contribution in [0.4, 0.5) is 5.95 Å². The van der Waals surface area contributed by atoms with E-state index in [1.54, 1.807) is 19.4 Å². The molecule has 0 bridgehead atoms. The summed E-state index contributed by atoms with van der Waals surface area (Å²) >= 11 is 3.46. The van der Waals surface area contributed by atoms with Crippen LogP contribution in [0.5, 0.6) is 11.5 Å². The second-order valence-electron chi connectivity index (χ2n) is 4.05. The third-order valence-corrected chi connectivity index (χ3v) is 3.08. The van der Waals surface area contributed by atoms with Gasteiger partial charge in [-0.05, 0) is 50.5 Å². The van der Waals surface area contributed by atoms with Crippen molar-refractivity contribution in [1.82, 2.24) is 20.3 Å². The van der Waals surface area contributed by atoms with Crippen LogP contribution in [-0.2, 0) is 0 Å². The van der Waals surface area contributed by atoms with E-state index in [0.29, 0.717) is 18.1 Å². The number of benzene rings is 1. The van der Waals surface area contributed by atoms with Crippen molar-refractivity contribution in [1.29, 1.82) is 0 Å². The van der Waals surface area contributed by atoms with Gasteiger partial charge in [-0.1, -0.05) is 16.8 Å². The first-order valence-electron chi connectivity index (χ1n) is 6.24. The molecule has 0 aliphatic heterocycles. The van der Waals surface area contributed by atoms with Crippen molar-refractivity contribution in [3.8, 4) is 11.5 Å². The van der Waals surface area contributed by atoms with Crippen LogP contribution in [0, 0.1) is 0 Å². The van der Waals surface area contributed by atoms with Gasteiger partial charge in [0.25, 0.3) is 5.95 Å². The first-order valence-corrected chi connectivity index (χ1v) is 7.03. The number of rotatable bonds is 6. The molecule has 9 heteroatoms. The van der Waals surface area contributed by atoms with E-state index in [1.165, 1.54) is 0 Å². The molecule has 0 saturated heterocycles. The number of aromatic nitrogens is 4. The molecule has 0 saturated carbocycles. The van der Waals surface area contributed by atoms with Crippen LogP contribution in [-0.4, -0.2) is 40.2 Å². The van der Waals surface area contributed by atoms with Gasteiger partial charge in [-0.25, -0.2) is 0 Å². The van der Waals surface area contributed by atoms with Crippen molar-refractivity contribution in [2.24, 2.45) is 5.10 Å². The first kappa shape index (κ1) is 15.2. The van der Waals surface area contributed by atoms with E-state index in [2.05, 4.69) is 36.6 Å². The molecule has 2 rings (SSSR count). The van der Waals surface area contributed by atoms with Gasteiger partial charge in [0, 0.05) is 0 Å². The largest absolute Gasteiger partial charge is 0.493 e. The maximum absolute atomic E-state index is 5.66. The maximum Gasteiger partial charge on any atom is 0.263 e. The number of nitrogens with two attached hydrogens (primary N) is 1. The number of hydrogen-bond donors (Lipinski definition) is 1. The molecule has 112 valence electrons. The third-order valence-electron chi connectivity index (χ3n) is 2.50. The van der Waals surface area contributed by atoms with Crippen molar-refractivity contribution in [2.45, 2.75) is 13.3 Å². The van der Waals surface area contributed by atoms with E-state index in [9.17, 15) is 0 Å². The molecule has 0 atom stereocenters. The standard InChI is InChI=1S/C12H15BrN6O2/c1-3-4-21-11-9(13)5-8(6-10(11)20-2)7-15-19-12(14)16-17-18-19/h5-7H,3-4H2,1-2H3,(H2,14,16,18)/b15-7+. The van der Waals surface area contributed by atoms with E-state index in [-0.39, 0.29) is 5.95 Å². The molecule has 0 unspecified atom stereocenters. The second-order valence-corrected chi connectivity index (χ2v) is 4.91. The van der Waals surface area contributed by atoms with Crippen LogP contribution in [0.1, 0.15) is 18.9 Å². The molecule has 0 aliphatic carbocycles. The fourth-order valence-electron chi connectivity index (χ4n) is 1.55. The minimum atomic E-state index is 0.111. The van der Waals surface area contributed by atoms with Gasteiger partial charge in [0.2, 0.25) is 0 Å².